The molecule has 0 saturated heterocycles. The molecular formula is C86H82O10. The van der Waals surface area contributed by atoms with Crippen LogP contribution < -0.4 is 0 Å². The lowest BCUT2D eigenvalue weighted by molar-refractivity contribution is 0.0877. The number of Topliss-reactive ketones (excluding diaryl/α,β-unsaturated/α-hetero) is 10. The van der Waals surface area contributed by atoms with Crippen LogP contribution in [0.5, 0.6) is 0 Å². The van der Waals surface area contributed by atoms with Crippen molar-refractivity contribution in [3.63, 3.8) is 0 Å². The molecule has 0 aliphatic heterocycles. The van der Waals surface area contributed by atoms with Crippen LogP contribution in [0, 0.1) is 27.7 Å². The van der Waals surface area contributed by atoms with Gasteiger partial charge in [0.25, 0.3) is 0 Å². The molecule has 486 valence electrons. The van der Waals surface area contributed by atoms with Gasteiger partial charge in [0, 0.05) is 55.6 Å². The van der Waals surface area contributed by atoms with Gasteiger partial charge in [0.05, 0.1) is 32.1 Å². The minimum atomic E-state index is -0.138. The zero-order chi connectivity index (χ0) is 69.7. The highest BCUT2D eigenvalue weighted by Gasteiger charge is 2.20. The summed E-state index contributed by atoms with van der Waals surface area (Å²) in [5.74, 6) is -0.889. The molecule has 0 aliphatic rings. The number of ketones is 10. The van der Waals surface area contributed by atoms with Gasteiger partial charge >= 0.3 is 0 Å². The molecule has 0 atom stereocenters. The molecule has 10 nitrogen and oxygen atoms in total. The Balaban J connectivity index is 0.000000190. The minimum absolute atomic E-state index is 0.0570. The van der Waals surface area contributed by atoms with E-state index in [2.05, 4.69) is 34.6 Å². The van der Waals surface area contributed by atoms with E-state index in [4.69, 9.17) is 0 Å². The summed E-state index contributed by atoms with van der Waals surface area (Å²) in [6, 6.07) is 79.8. The van der Waals surface area contributed by atoms with Gasteiger partial charge in [0.15, 0.2) is 57.8 Å². The summed E-state index contributed by atoms with van der Waals surface area (Å²) in [4.78, 5) is 120. The van der Waals surface area contributed by atoms with Crippen LogP contribution in [-0.4, -0.2) is 57.8 Å². The first-order valence-electron chi connectivity index (χ1n) is 31.9. The van der Waals surface area contributed by atoms with Crippen LogP contribution in [0.4, 0.5) is 0 Å². The lowest BCUT2D eigenvalue weighted by atomic mass is 9.86. The Bertz CT molecular complexity index is 4260. The average molecular weight is 1280 g/mol. The summed E-state index contributed by atoms with van der Waals surface area (Å²) < 4.78 is 0. The molecule has 96 heavy (non-hydrogen) atoms. The quantitative estimate of drug-likeness (QED) is 0.0498. The van der Waals surface area contributed by atoms with E-state index in [1.807, 2.05) is 125 Å². The Morgan fingerprint density at radius 1 is 0.260 bits per heavy atom. The third-order valence-corrected chi connectivity index (χ3v) is 15.6. The number of benzene rings is 10. The molecule has 0 saturated carbocycles. The van der Waals surface area contributed by atoms with Crippen LogP contribution in [0.3, 0.4) is 0 Å². The van der Waals surface area contributed by atoms with Crippen molar-refractivity contribution >= 4 is 57.8 Å². The summed E-state index contributed by atoms with van der Waals surface area (Å²) >= 11 is 0. The van der Waals surface area contributed by atoms with Crippen molar-refractivity contribution in [2.75, 3.05) is 0 Å². The van der Waals surface area contributed by atoms with E-state index in [-0.39, 0.29) is 95.4 Å². The second-order valence-corrected chi connectivity index (χ2v) is 24.5. The first-order chi connectivity index (χ1) is 45.9. The maximum atomic E-state index is 12.2. The second-order valence-electron chi connectivity index (χ2n) is 24.5. The number of hydrogen-bond donors (Lipinski definition) is 0. The predicted octanol–water partition coefficient (Wildman–Crippen LogP) is 19.4. The highest BCUT2D eigenvalue weighted by atomic mass is 16.2. The van der Waals surface area contributed by atoms with Crippen LogP contribution >= 0.6 is 0 Å². The van der Waals surface area contributed by atoms with Gasteiger partial charge in [-0.15, -0.1) is 0 Å². The summed E-state index contributed by atoms with van der Waals surface area (Å²) in [6.07, 6.45) is -0.389. The van der Waals surface area contributed by atoms with Gasteiger partial charge in [-0.1, -0.05) is 313 Å². The Morgan fingerprint density at radius 3 is 0.802 bits per heavy atom. The second kappa shape index (κ2) is 37.0. The van der Waals surface area contributed by atoms with Crippen molar-refractivity contribution in [3.8, 4) is 0 Å². The van der Waals surface area contributed by atoms with Crippen molar-refractivity contribution in [1.29, 1.82) is 0 Å². The van der Waals surface area contributed by atoms with Gasteiger partial charge in [-0.3, -0.25) is 47.9 Å². The van der Waals surface area contributed by atoms with E-state index in [9.17, 15) is 47.9 Å². The molecule has 10 aromatic carbocycles. The highest BCUT2D eigenvalue weighted by molar-refractivity contribution is 6.16. The predicted molar refractivity (Wildman–Crippen MR) is 383 cm³/mol. The average Bonchev–Trinajstić information content (AvgIpc) is 1.12. The zero-order valence-corrected chi connectivity index (χ0v) is 56.1. The van der Waals surface area contributed by atoms with Crippen molar-refractivity contribution in [2.45, 2.75) is 106 Å². The summed E-state index contributed by atoms with van der Waals surface area (Å²) in [5, 5.41) is 0. The zero-order valence-electron chi connectivity index (χ0n) is 56.1. The standard InChI is InChI=1S/C19H20O2.C18H18O2.C17H16O2.2C16H14O2/c1-19(2,3)16-11-9-15(10-12-16)18(21)13-17(20)14-7-5-4-6-8-14;1-13(2)14-8-10-16(11-9-14)18(20)12-17(19)15-6-4-3-5-7-15;1-12-8-9-15(13(2)10-12)17(19)11-16(18)14-6-4-3-5-7-14;1-12-7-5-6-10-14(12)16(18)11-15(17)13-8-3-2-4-9-13;1-12-7-9-14(10-8-12)16(18)11-15(17)13-5-3-2-4-6-13/h4-12H,13H2,1-3H3;3-11,13H,12H2,1-2H3;3-10H,11H2,1-2H3;2*2-10H,11H2,1H3. The lowest BCUT2D eigenvalue weighted by Crippen LogP contribution is -2.12. The van der Waals surface area contributed by atoms with E-state index in [0.717, 1.165) is 22.3 Å². The largest absolute Gasteiger partial charge is 0.294 e. The van der Waals surface area contributed by atoms with Gasteiger partial charge in [-0.25, -0.2) is 0 Å². The number of aryl methyl sites for hydroxylation is 4. The maximum Gasteiger partial charge on any atom is 0.170 e. The number of hydrogen-bond acceptors (Lipinski definition) is 10. The fourth-order valence-electron chi connectivity index (χ4n) is 9.82. The van der Waals surface area contributed by atoms with Crippen molar-refractivity contribution in [3.05, 3.63) is 356 Å². The van der Waals surface area contributed by atoms with Crippen LogP contribution in [0.2, 0.25) is 0 Å². The third kappa shape index (κ3) is 23.8. The van der Waals surface area contributed by atoms with Crippen LogP contribution in [-0.2, 0) is 5.41 Å². The summed E-state index contributed by atoms with van der Waals surface area (Å²) in [5.41, 5.74) is 12.4. The number of carbonyl (C=O) groups excluding carboxylic acids is 10. The molecule has 0 heterocycles. The molecule has 0 aliphatic carbocycles. The van der Waals surface area contributed by atoms with Gasteiger partial charge in [0.1, 0.15) is 0 Å². The topological polar surface area (TPSA) is 171 Å². The molecule has 10 heteroatoms. The summed E-state index contributed by atoms with van der Waals surface area (Å²) in [6.45, 7) is 18.3. The van der Waals surface area contributed by atoms with E-state index in [1.165, 1.54) is 11.1 Å². The molecule has 0 amide bonds. The third-order valence-electron chi connectivity index (χ3n) is 15.6. The van der Waals surface area contributed by atoms with E-state index < -0.39 is 0 Å². The monoisotopic (exact) mass is 1270 g/mol. The molecule has 0 bridgehead atoms. The number of rotatable bonds is 21. The molecule has 10 rings (SSSR count). The Kier molecular flexibility index (Phi) is 28.5. The molecule has 10 aromatic rings. The highest BCUT2D eigenvalue weighted by Crippen LogP contribution is 2.24. The molecule has 0 unspecified atom stereocenters. The first-order valence-corrected chi connectivity index (χ1v) is 31.9. The molecule has 0 radical (unpaired) electrons. The molecule has 0 aromatic heterocycles. The van der Waals surface area contributed by atoms with Crippen molar-refractivity contribution in [2.24, 2.45) is 0 Å². The normalized spacial score (nSPS) is 10.4. The smallest absolute Gasteiger partial charge is 0.170 e. The molecular weight excluding hydrogens is 1190 g/mol. The van der Waals surface area contributed by atoms with Crippen LogP contribution in [0.25, 0.3) is 0 Å². The van der Waals surface area contributed by atoms with Gasteiger partial charge in [-0.2, -0.15) is 0 Å². The van der Waals surface area contributed by atoms with Crippen LogP contribution in [0.15, 0.2) is 267 Å². The van der Waals surface area contributed by atoms with Gasteiger partial charge in [0.2, 0.25) is 0 Å². The lowest BCUT2D eigenvalue weighted by Gasteiger charge is -2.18. The van der Waals surface area contributed by atoms with E-state index in [0.29, 0.717) is 61.6 Å². The van der Waals surface area contributed by atoms with E-state index >= 15 is 0 Å². The number of carbonyl (C=O) groups is 10. The fraction of sp³-hybridized carbons (Fsp3) is 0.186. The first kappa shape index (κ1) is 73.9. The van der Waals surface area contributed by atoms with Gasteiger partial charge in [-0.05, 0) is 61.3 Å². The van der Waals surface area contributed by atoms with Crippen molar-refractivity contribution in [1.82, 2.24) is 0 Å². The Morgan fingerprint density at radius 2 is 0.510 bits per heavy atom. The SMILES string of the molecule is CC(C)(C)c1ccc(C(=O)CC(=O)c2ccccc2)cc1.CC(C)c1ccc(C(=O)CC(=O)c2ccccc2)cc1.Cc1ccc(C(=O)CC(=O)c2ccccc2)c(C)c1.Cc1ccc(C(=O)CC(=O)c2ccccc2)cc1.Cc1ccccc1C(=O)CC(=O)c1ccccc1. The molecule has 0 spiro atoms. The maximum absolute atomic E-state index is 12.2. The summed E-state index contributed by atoms with van der Waals surface area (Å²) in [7, 11) is 0. The Hall–Kier alpha value is -11.1. The Labute approximate surface area is 564 Å². The van der Waals surface area contributed by atoms with E-state index in [1.54, 1.807) is 170 Å². The molecule has 0 fully saturated rings. The molecule has 0 N–H and O–H groups in total. The van der Waals surface area contributed by atoms with Crippen molar-refractivity contribution < 1.29 is 47.9 Å². The van der Waals surface area contributed by atoms with Gasteiger partial charge < -0.3 is 0 Å². The minimum Gasteiger partial charge on any atom is -0.294 e. The van der Waals surface area contributed by atoms with Crippen LogP contribution in [0.1, 0.15) is 210 Å². The fourth-order valence-corrected chi connectivity index (χ4v) is 9.82.